The van der Waals surface area contributed by atoms with Gasteiger partial charge in [0, 0.05) is 12.5 Å². The van der Waals surface area contributed by atoms with E-state index < -0.39 is 16.6 Å². The van der Waals surface area contributed by atoms with Gasteiger partial charge in [-0.1, -0.05) is 18.3 Å². The first-order valence-electron chi connectivity index (χ1n) is 7.38. The zero-order chi connectivity index (χ0) is 18.0. The summed E-state index contributed by atoms with van der Waals surface area (Å²) in [6, 6.07) is 3.76. The summed E-state index contributed by atoms with van der Waals surface area (Å²) in [4.78, 5) is 34.2. The molecule has 0 saturated heterocycles. The van der Waals surface area contributed by atoms with Crippen molar-refractivity contribution in [2.75, 3.05) is 5.32 Å². The number of benzene rings is 1. The van der Waals surface area contributed by atoms with Crippen LogP contribution in [0.5, 0.6) is 0 Å². The molecule has 25 heavy (non-hydrogen) atoms. The Morgan fingerprint density at radius 3 is 2.96 bits per heavy atom. The average molecular weight is 363 g/mol. The number of carbonyl (C=O) groups excluding carboxylic acids is 1. The van der Waals surface area contributed by atoms with E-state index in [0.717, 1.165) is 28.5 Å². The first-order valence-corrected chi connectivity index (χ1v) is 8.19. The molecule has 0 aliphatic carbocycles. The first-order chi connectivity index (χ1) is 12.0. The molecule has 0 fully saturated rings. The van der Waals surface area contributed by atoms with Gasteiger partial charge in [-0.2, -0.15) is 0 Å². The fraction of sp³-hybridized carbons (Fsp3) is 0.286. The van der Waals surface area contributed by atoms with Gasteiger partial charge >= 0.3 is 5.76 Å². The Labute approximate surface area is 144 Å². The number of nitro groups is 1. The molecule has 3 aromatic rings. The van der Waals surface area contributed by atoms with Crippen LogP contribution in [0.1, 0.15) is 18.4 Å². The maximum absolute atomic E-state index is 12.1. The number of non-ortho nitro benzene ring substituents is 1. The molecule has 0 saturated carbocycles. The third kappa shape index (κ3) is 3.55. The largest absolute Gasteiger partial charge is 0.420 e. The van der Waals surface area contributed by atoms with Crippen molar-refractivity contribution in [3.8, 4) is 0 Å². The number of rotatable bonds is 6. The van der Waals surface area contributed by atoms with Gasteiger partial charge in [0.15, 0.2) is 5.58 Å². The number of carbonyl (C=O) groups is 1. The van der Waals surface area contributed by atoms with E-state index in [0.29, 0.717) is 10.6 Å². The van der Waals surface area contributed by atoms with E-state index in [1.54, 1.807) is 0 Å². The predicted molar refractivity (Wildman–Crippen MR) is 89.7 cm³/mol. The van der Waals surface area contributed by atoms with E-state index >= 15 is 0 Å². The van der Waals surface area contributed by atoms with E-state index in [9.17, 15) is 19.7 Å². The van der Waals surface area contributed by atoms with Crippen LogP contribution in [0.3, 0.4) is 0 Å². The summed E-state index contributed by atoms with van der Waals surface area (Å²) in [7, 11) is 0. The van der Waals surface area contributed by atoms with Crippen LogP contribution in [0, 0.1) is 10.1 Å². The van der Waals surface area contributed by atoms with Crippen molar-refractivity contribution in [1.82, 2.24) is 14.8 Å². The zero-order valence-corrected chi connectivity index (χ0v) is 13.9. The van der Waals surface area contributed by atoms with E-state index in [1.807, 2.05) is 6.92 Å². The van der Waals surface area contributed by atoms with Gasteiger partial charge in [-0.05, 0) is 12.5 Å². The van der Waals surface area contributed by atoms with Crippen molar-refractivity contribution in [2.45, 2.75) is 26.3 Å². The lowest BCUT2D eigenvalue weighted by Gasteiger charge is -2.02. The van der Waals surface area contributed by atoms with Crippen molar-refractivity contribution >= 4 is 39.2 Å². The van der Waals surface area contributed by atoms with E-state index in [4.69, 9.17) is 4.42 Å². The number of fused-ring (bicyclic) bond motifs is 1. The van der Waals surface area contributed by atoms with Gasteiger partial charge in [-0.3, -0.25) is 24.8 Å². The summed E-state index contributed by atoms with van der Waals surface area (Å²) in [5.41, 5.74) is 0.151. The molecular formula is C14H13N5O5S. The molecule has 10 nitrogen and oxygen atoms in total. The fourth-order valence-electron chi connectivity index (χ4n) is 2.24. The number of aromatic nitrogens is 3. The summed E-state index contributed by atoms with van der Waals surface area (Å²) in [5, 5.41) is 22.3. The predicted octanol–water partition coefficient (Wildman–Crippen LogP) is 1.95. The molecule has 0 aliphatic rings. The highest BCUT2D eigenvalue weighted by atomic mass is 32.1. The second kappa shape index (κ2) is 6.81. The molecule has 3 rings (SSSR count). The van der Waals surface area contributed by atoms with Crippen LogP contribution in [0.15, 0.2) is 27.4 Å². The van der Waals surface area contributed by atoms with Gasteiger partial charge in [-0.15, -0.1) is 10.2 Å². The Morgan fingerprint density at radius 1 is 1.44 bits per heavy atom. The molecule has 2 aromatic heterocycles. The quantitative estimate of drug-likeness (QED) is 0.522. The molecule has 0 bridgehead atoms. The molecular weight excluding hydrogens is 350 g/mol. The van der Waals surface area contributed by atoms with Crippen LogP contribution in [0.4, 0.5) is 10.8 Å². The molecule has 1 aromatic carbocycles. The Bertz CT molecular complexity index is 1000. The number of nitrogens with zero attached hydrogens (tertiary/aromatic N) is 4. The second-order valence-electron chi connectivity index (χ2n) is 5.16. The van der Waals surface area contributed by atoms with E-state index in [1.165, 1.54) is 23.5 Å². The minimum atomic E-state index is -0.769. The van der Waals surface area contributed by atoms with Gasteiger partial charge in [0.25, 0.3) is 5.69 Å². The summed E-state index contributed by atoms with van der Waals surface area (Å²) < 4.78 is 6.07. The van der Waals surface area contributed by atoms with Gasteiger partial charge in [0.05, 0.1) is 16.5 Å². The number of anilines is 1. The van der Waals surface area contributed by atoms with Gasteiger partial charge in [0.1, 0.15) is 11.6 Å². The van der Waals surface area contributed by atoms with Crippen molar-refractivity contribution in [2.24, 2.45) is 0 Å². The fourth-order valence-corrected chi connectivity index (χ4v) is 3.10. The lowest BCUT2D eigenvalue weighted by atomic mass is 10.3. The number of nitrogens with one attached hydrogen (secondary N) is 1. The Hall–Kier alpha value is -3.08. The van der Waals surface area contributed by atoms with Crippen molar-refractivity contribution in [3.63, 3.8) is 0 Å². The minimum absolute atomic E-state index is 0.0492. The Kier molecular flexibility index (Phi) is 4.57. The van der Waals surface area contributed by atoms with Crippen molar-refractivity contribution in [3.05, 3.63) is 43.9 Å². The van der Waals surface area contributed by atoms with Crippen LogP contribution in [0.2, 0.25) is 0 Å². The summed E-state index contributed by atoms with van der Waals surface area (Å²) in [6.07, 6.45) is 1.70. The monoisotopic (exact) mass is 363 g/mol. The van der Waals surface area contributed by atoms with Crippen LogP contribution < -0.4 is 11.1 Å². The van der Waals surface area contributed by atoms with E-state index in [2.05, 4.69) is 15.5 Å². The average Bonchev–Trinajstić information content (AvgIpc) is 3.12. The smallest absolute Gasteiger partial charge is 0.407 e. The summed E-state index contributed by atoms with van der Waals surface area (Å²) in [5.74, 6) is -1.24. The van der Waals surface area contributed by atoms with Gasteiger partial charge in [0.2, 0.25) is 11.0 Å². The third-order valence-electron chi connectivity index (χ3n) is 3.34. The number of hydrogen-bond donors (Lipinski definition) is 1. The third-order valence-corrected chi connectivity index (χ3v) is 4.24. The van der Waals surface area contributed by atoms with Crippen LogP contribution >= 0.6 is 11.3 Å². The molecule has 0 spiro atoms. The minimum Gasteiger partial charge on any atom is -0.407 e. The van der Waals surface area contributed by atoms with Crippen LogP contribution in [0.25, 0.3) is 11.1 Å². The standard InChI is InChI=1S/C14H13N5O5S/c1-2-3-12-16-17-13(25-12)15-11(20)7-18-9-5-4-8(19(22)23)6-10(9)24-14(18)21/h4-6H,2-3,7H2,1H3,(H,15,17,20). The normalized spacial score (nSPS) is 10.9. The lowest BCUT2D eigenvalue weighted by molar-refractivity contribution is -0.384. The second-order valence-corrected chi connectivity index (χ2v) is 6.22. The summed E-state index contributed by atoms with van der Waals surface area (Å²) in [6.45, 7) is 1.72. The summed E-state index contributed by atoms with van der Waals surface area (Å²) >= 11 is 1.27. The first kappa shape index (κ1) is 16.8. The SMILES string of the molecule is CCCc1nnc(NC(=O)Cn2c(=O)oc3cc([N+](=O)[O-])ccc32)s1. The molecule has 0 unspecified atom stereocenters. The van der Waals surface area contributed by atoms with E-state index in [-0.39, 0.29) is 17.8 Å². The number of hydrogen-bond acceptors (Lipinski definition) is 8. The highest BCUT2D eigenvalue weighted by molar-refractivity contribution is 7.15. The Morgan fingerprint density at radius 2 is 2.24 bits per heavy atom. The topological polar surface area (TPSA) is 133 Å². The molecule has 0 atom stereocenters. The van der Waals surface area contributed by atoms with Crippen LogP contribution in [-0.4, -0.2) is 25.6 Å². The maximum atomic E-state index is 12.1. The highest BCUT2D eigenvalue weighted by Gasteiger charge is 2.17. The molecule has 11 heteroatoms. The van der Waals surface area contributed by atoms with Crippen molar-refractivity contribution < 1.29 is 14.1 Å². The Balaban J connectivity index is 1.79. The number of aryl methyl sites for hydroxylation is 1. The molecule has 1 N–H and O–H groups in total. The van der Waals surface area contributed by atoms with Gasteiger partial charge < -0.3 is 4.42 Å². The van der Waals surface area contributed by atoms with Crippen LogP contribution in [-0.2, 0) is 17.8 Å². The number of nitro benzene ring substituents is 1. The molecule has 0 aliphatic heterocycles. The zero-order valence-electron chi connectivity index (χ0n) is 13.1. The highest BCUT2D eigenvalue weighted by Crippen LogP contribution is 2.20. The van der Waals surface area contributed by atoms with Crippen molar-refractivity contribution in [1.29, 1.82) is 0 Å². The molecule has 130 valence electrons. The molecule has 1 amide bonds. The molecule has 0 radical (unpaired) electrons. The molecule has 2 heterocycles. The van der Waals surface area contributed by atoms with Gasteiger partial charge in [-0.25, -0.2) is 4.79 Å². The lowest BCUT2D eigenvalue weighted by Crippen LogP contribution is -2.24. The number of amides is 1. The number of oxazole rings is 1. The maximum Gasteiger partial charge on any atom is 0.420 e.